The van der Waals surface area contributed by atoms with Crippen molar-refractivity contribution in [1.29, 1.82) is 0 Å². The van der Waals surface area contributed by atoms with Crippen LogP contribution in [0, 0.1) is 5.82 Å². The number of amides is 2. The van der Waals surface area contributed by atoms with Crippen LogP contribution in [0.4, 0.5) is 4.39 Å². The number of hydrogen-bond donors (Lipinski definition) is 0. The van der Waals surface area contributed by atoms with E-state index in [2.05, 4.69) is 4.98 Å². The summed E-state index contributed by atoms with van der Waals surface area (Å²) in [5, 5.41) is 0. The summed E-state index contributed by atoms with van der Waals surface area (Å²) in [5.41, 5.74) is 2.56. The summed E-state index contributed by atoms with van der Waals surface area (Å²) in [6.07, 6.45) is 6.82. The first kappa shape index (κ1) is 20.5. The van der Waals surface area contributed by atoms with Gasteiger partial charge in [0.1, 0.15) is 5.82 Å². The predicted octanol–water partition coefficient (Wildman–Crippen LogP) is 3.80. The molecule has 2 aromatic rings. The molecule has 0 aliphatic carbocycles. The SMILES string of the molecule is O=C(CCc1ccc(F)cc1)N1CCCC(c2ccc(C(=O)N3CCCC3)cn2)C1. The highest BCUT2D eigenvalue weighted by Gasteiger charge is 2.26. The Balaban J connectivity index is 1.33. The normalized spacial score (nSPS) is 19.2. The molecule has 1 aromatic carbocycles. The van der Waals surface area contributed by atoms with E-state index in [4.69, 9.17) is 0 Å². The van der Waals surface area contributed by atoms with Gasteiger partial charge in [-0.15, -0.1) is 0 Å². The molecule has 0 N–H and O–H groups in total. The minimum absolute atomic E-state index is 0.0628. The highest BCUT2D eigenvalue weighted by Crippen LogP contribution is 2.26. The summed E-state index contributed by atoms with van der Waals surface area (Å²) in [4.78, 5) is 33.6. The molecule has 6 heteroatoms. The van der Waals surface area contributed by atoms with Gasteiger partial charge in [-0.3, -0.25) is 14.6 Å². The van der Waals surface area contributed by atoms with E-state index in [1.807, 2.05) is 21.9 Å². The van der Waals surface area contributed by atoms with Gasteiger partial charge in [0.15, 0.2) is 0 Å². The average Bonchev–Trinajstić information content (AvgIpc) is 3.33. The molecule has 4 rings (SSSR count). The van der Waals surface area contributed by atoms with Gasteiger partial charge in [0.05, 0.1) is 5.56 Å². The summed E-state index contributed by atoms with van der Waals surface area (Å²) >= 11 is 0. The van der Waals surface area contributed by atoms with E-state index in [9.17, 15) is 14.0 Å². The van der Waals surface area contributed by atoms with Gasteiger partial charge in [-0.05, 0) is 61.9 Å². The summed E-state index contributed by atoms with van der Waals surface area (Å²) in [6.45, 7) is 3.09. The van der Waals surface area contributed by atoms with Crippen molar-refractivity contribution in [1.82, 2.24) is 14.8 Å². The van der Waals surface area contributed by atoms with Crippen molar-refractivity contribution in [3.63, 3.8) is 0 Å². The number of rotatable bonds is 5. The number of piperidine rings is 1. The van der Waals surface area contributed by atoms with Crippen molar-refractivity contribution >= 4 is 11.8 Å². The number of benzene rings is 1. The summed E-state index contributed by atoms with van der Waals surface area (Å²) in [7, 11) is 0. The molecule has 2 aliphatic rings. The quantitative estimate of drug-likeness (QED) is 0.755. The van der Waals surface area contributed by atoms with Gasteiger partial charge in [-0.1, -0.05) is 12.1 Å². The van der Waals surface area contributed by atoms with Crippen molar-refractivity contribution in [2.75, 3.05) is 26.2 Å². The molecule has 1 aromatic heterocycles. The standard InChI is InChI=1S/C24H28FN3O2/c25-21-9-5-18(6-10-21)7-12-23(29)28-15-3-4-20(17-28)22-11-8-19(16-26-22)24(30)27-13-1-2-14-27/h5-6,8-11,16,20H,1-4,7,12-15,17H2. The minimum Gasteiger partial charge on any atom is -0.342 e. The van der Waals surface area contributed by atoms with Gasteiger partial charge in [0.2, 0.25) is 5.91 Å². The Labute approximate surface area is 176 Å². The third-order valence-electron chi connectivity index (χ3n) is 6.16. The molecular weight excluding hydrogens is 381 g/mol. The second kappa shape index (κ2) is 9.37. The molecule has 0 bridgehead atoms. The topological polar surface area (TPSA) is 53.5 Å². The smallest absolute Gasteiger partial charge is 0.255 e. The Morgan fingerprint density at radius 1 is 0.967 bits per heavy atom. The van der Waals surface area contributed by atoms with Gasteiger partial charge in [-0.25, -0.2) is 4.39 Å². The van der Waals surface area contributed by atoms with Crippen LogP contribution in [0.5, 0.6) is 0 Å². The van der Waals surface area contributed by atoms with Gasteiger partial charge in [-0.2, -0.15) is 0 Å². The Morgan fingerprint density at radius 2 is 1.70 bits per heavy atom. The lowest BCUT2D eigenvalue weighted by Crippen LogP contribution is -2.39. The Morgan fingerprint density at radius 3 is 2.40 bits per heavy atom. The Hall–Kier alpha value is -2.76. The first-order chi connectivity index (χ1) is 14.6. The molecule has 158 valence electrons. The van der Waals surface area contributed by atoms with Crippen LogP contribution in [0.25, 0.3) is 0 Å². The maximum atomic E-state index is 13.0. The maximum absolute atomic E-state index is 13.0. The van der Waals surface area contributed by atoms with Gasteiger partial charge < -0.3 is 9.80 Å². The number of halogens is 1. The molecule has 0 saturated carbocycles. The lowest BCUT2D eigenvalue weighted by Gasteiger charge is -2.32. The first-order valence-corrected chi connectivity index (χ1v) is 10.9. The van der Waals surface area contributed by atoms with E-state index in [-0.39, 0.29) is 23.5 Å². The van der Waals surface area contributed by atoms with Crippen LogP contribution in [0.3, 0.4) is 0 Å². The number of likely N-dealkylation sites (tertiary alicyclic amines) is 2. The molecule has 0 radical (unpaired) electrons. The molecule has 2 saturated heterocycles. The molecular formula is C24H28FN3O2. The summed E-state index contributed by atoms with van der Waals surface area (Å²) in [5.74, 6) is 0.131. The molecule has 30 heavy (non-hydrogen) atoms. The van der Waals surface area contributed by atoms with Crippen LogP contribution in [0.1, 0.15) is 59.6 Å². The predicted molar refractivity (Wildman–Crippen MR) is 113 cm³/mol. The van der Waals surface area contributed by atoms with Gasteiger partial charge >= 0.3 is 0 Å². The number of nitrogens with zero attached hydrogens (tertiary/aromatic N) is 3. The second-order valence-electron chi connectivity index (χ2n) is 8.28. The fraction of sp³-hybridized carbons (Fsp3) is 0.458. The molecule has 2 aliphatic heterocycles. The van der Waals surface area contributed by atoms with E-state index in [1.54, 1.807) is 18.3 Å². The number of carbonyl (C=O) groups is 2. The van der Waals surface area contributed by atoms with Gasteiger partial charge in [0.25, 0.3) is 5.91 Å². The van der Waals surface area contributed by atoms with E-state index in [0.717, 1.165) is 56.6 Å². The van der Waals surface area contributed by atoms with Crippen molar-refractivity contribution in [2.24, 2.45) is 0 Å². The largest absolute Gasteiger partial charge is 0.342 e. The van der Waals surface area contributed by atoms with Crippen LogP contribution >= 0.6 is 0 Å². The highest BCUT2D eigenvalue weighted by molar-refractivity contribution is 5.94. The fourth-order valence-electron chi connectivity index (χ4n) is 4.38. The van der Waals surface area contributed by atoms with Crippen LogP contribution in [-0.4, -0.2) is 52.8 Å². The molecule has 5 nitrogen and oxygen atoms in total. The number of pyridine rings is 1. The zero-order valence-corrected chi connectivity index (χ0v) is 17.2. The molecule has 1 atom stereocenters. The lowest BCUT2D eigenvalue weighted by atomic mass is 9.93. The van der Waals surface area contributed by atoms with Crippen LogP contribution in [0.2, 0.25) is 0 Å². The lowest BCUT2D eigenvalue weighted by molar-refractivity contribution is -0.132. The van der Waals surface area contributed by atoms with E-state index in [0.29, 0.717) is 24.9 Å². The van der Waals surface area contributed by atoms with Crippen LogP contribution in [0.15, 0.2) is 42.6 Å². The average molecular weight is 410 g/mol. The first-order valence-electron chi connectivity index (χ1n) is 10.9. The number of hydrogen-bond acceptors (Lipinski definition) is 3. The van der Waals surface area contributed by atoms with Crippen molar-refractivity contribution in [2.45, 2.75) is 44.4 Å². The molecule has 1 unspecified atom stereocenters. The van der Waals surface area contributed by atoms with E-state index in [1.165, 1.54) is 12.1 Å². The fourth-order valence-corrected chi connectivity index (χ4v) is 4.38. The number of carbonyl (C=O) groups excluding carboxylic acids is 2. The molecule has 2 amide bonds. The third-order valence-corrected chi connectivity index (χ3v) is 6.16. The van der Waals surface area contributed by atoms with Crippen molar-refractivity contribution in [3.8, 4) is 0 Å². The van der Waals surface area contributed by atoms with Crippen molar-refractivity contribution in [3.05, 3.63) is 65.2 Å². The summed E-state index contributed by atoms with van der Waals surface area (Å²) < 4.78 is 13.0. The second-order valence-corrected chi connectivity index (χ2v) is 8.28. The zero-order valence-electron chi connectivity index (χ0n) is 17.2. The van der Waals surface area contributed by atoms with Crippen LogP contribution in [-0.2, 0) is 11.2 Å². The van der Waals surface area contributed by atoms with Crippen molar-refractivity contribution < 1.29 is 14.0 Å². The number of aryl methyl sites for hydroxylation is 1. The molecule has 0 spiro atoms. The minimum atomic E-state index is -0.260. The van der Waals surface area contributed by atoms with Gasteiger partial charge in [0, 0.05) is 50.4 Å². The van der Waals surface area contributed by atoms with E-state index < -0.39 is 0 Å². The molecule has 2 fully saturated rings. The molecule has 3 heterocycles. The van der Waals surface area contributed by atoms with Crippen LogP contribution < -0.4 is 0 Å². The zero-order chi connectivity index (χ0) is 20.9. The van der Waals surface area contributed by atoms with E-state index >= 15 is 0 Å². The number of aromatic nitrogens is 1. The Kier molecular flexibility index (Phi) is 6.41. The Bertz CT molecular complexity index is 876. The maximum Gasteiger partial charge on any atom is 0.255 e. The highest BCUT2D eigenvalue weighted by atomic mass is 19.1. The summed E-state index contributed by atoms with van der Waals surface area (Å²) in [6, 6.07) is 10.1. The monoisotopic (exact) mass is 409 g/mol. The third kappa shape index (κ3) is 4.86.